The smallest absolute Gasteiger partial charge is 0.236 e. The van der Waals surface area contributed by atoms with Crippen molar-refractivity contribution in [1.29, 1.82) is 5.26 Å². The Morgan fingerprint density at radius 1 is 1.28 bits per heavy atom. The van der Waals surface area contributed by atoms with Crippen LogP contribution in [0.25, 0.3) is 0 Å². The van der Waals surface area contributed by atoms with Gasteiger partial charge in [0.2, 0.25) is 5.91 Å². The fraction of sp³-hybridized carbons (Fsp3) is 0.857. The molecular formula is C14H25N3O. The molecule has 1 heterocycles. The standard InChI is InChI=1S/C14H25N3O/c1-13(2)17(11-7-8-15)12-14(18)16-9-5-3-4-6-10-16/h13H,3-7,9-12H2,1-2H3. The van der Waals surface area contributed by atoms with Gasteiger partial charge in [0.15, 0.2) is 0 Å². The van der Waals surface area contributed by atoms with E-state index in [-0.39, 0.29) is 5.91 Å². The van der Waals surface area contributed by atoms with E-state index in [2.05, 4.69) is 24.8 Å². The molecule has 1 saturated heterocycles. The number of rotatable bonds is 5. The predicted octanol–water partition coefficient (Wildman–Crippen LogP) is 2.01. The van der Waals surface area contributed by atoms with Crippen molar-refractivity contribution in [3.05, 3.63) is 0 Å². The van der Waals surface area contributed by atoms with Crippen LogP contribution in [0.3, 0.4) is 0 Å². The van der Waals surface area contributed by atoms with Crippen molar-refractivity contribution >= 4 is 5.91 Å². The molecule has 4 nitrogen and oxygen atoms in total. The average molecular weight is 251 g/mol. The second-order valence-corrected chi connectivity index (χ2v) is 5.27. The first-order valence-corrected chi connectivity index (χ1v) is 7.04. The van der Waals surface area contributed by atoms with Crippen molar-refractivity contribution in [3.8, 4) is 6.07 Å². The van der Waals surface area contributed by atoms with Crippen LogP contribution in [0.5, 0.6) is 0 Å². The lowest BCUT2D eigenvalue weighted by atomic mass is 10.2. The van der Waals surface area contributed by atoms with Gasteiger partial charge in [-0.05, 0) is 26.7 Å². The lowest BCUT2D eigenvalue weighted by Crippen LogP contribution is -2.43. The van der Waals surface area contributed by atoms with E-state index in [4.69, 9.17) is 5.26 Å². The molecule has 0 atom stereocenters. The summed E-state index contributed by atoms with van der Waals surface area (Å²) < 4.78 is 0. The maximum absolute atomic E-state index is 12.2. The van der Waals surface area contributed by atoms with Crippen LogP contribution >= 0.6 is 0 Å². The van der Waals surface area contributed by atoms with E-state index in [9.17, 15) is 4.79 Å². The number of hydrogen-bond acceptors (Lipinski definition) is 3. The summed E-state index contributed by atoms with van der Waals surface area (Å²) in [6, 6.07) is 2.46. The first-order valence-electron chi connectivity index (χ1n) is 7.04. The Morgan fingerprint density at radius 3 is 2.39 bits per heavy atom. The molecule has 0 aliphatic carbocycles. The minimum absolute atomic E-state index is 0.225. The van der Waals surface area contributed by atoms with Crippen LogP contribution in [-0.4, -0.2) is 47.9 Å². The number of nitriles is 1. The molecule has 0 aromatic carbocycles. The summed E-state index contributed by atoms with van der Waals surface area (Å²) in [5.74, 6) is 0.225. The first-order chi connectivity index (χ1) is 8.65. The molecule has 0 radical (unpaired) electrons. The second kappa shape index (κ2) is 8.10. The molecule has 0 N–H and O–H groups in total. The predicted molar refractivity (Wildman–Crippen MR) is 72.0 cm³/mol. The van der Waals surface area contributed by atoms with Crippen LogP contribution in [0.4, 0.5) is 0 Å². The Hall–Kier alpha value is -1.08. The summed E-state index contributed by atoms with van der Waals surface area (Å²) in [6.45, 7) is 7.11. The highest BCUT2D eigenvalue weighted by molar-refractivity contribution is 5.78. The van der Waals surface area contributed by atoms with Gasteiger partial charge in [-0.15, -0.1) is 0 Å². The van der Waals surface area contributed by atoms with E-state index in [1.165, 1.54) is 12.8 Å². The van der Waals surface area contributed by atoms with E-state index < -0.39 is 0 Å². The number of hydrogen-bond donors (Lipinski definition) is 0. The largest absolute Gasteiger partial charge is 0.342 e. The van der Waals surface area contributed by atoms with Crippen LogP contribution in [0.2, 0.25) is 0 Å². The summed E-state index contributed by atoms with van der Waals surface area (Å²) >= 11 is 0. The van der Waals surface area contributed by atoms with Gasteiger partial charge in [-0.3, -0.25) is 9.69 Å². The van der Waals surface area contributed by atoms with Gasteiger partial charge in [-0.2, -0.15) is 5.26 Å². The van der Waals surface area contributed by atoms with Gasteiger partial charge in [0, 0.05) is 32.1 Å². The summed E-state index contributed by atoms with van der Waals surface area (Å²) in [5, 5.41) is 8.64. The van der Waals surface area contributed by atoms with Crippen molar-refractivity contribution < 1.29 is 4.79 Å². The topological polar surface area (TPSA) is 47.3 Å². The van der Waals surface area contributed by atoms with Crippen molar-refractivity contribution in [3.63, 3.8) is 0 Å². The van der Waals surface area contributed by atoms with Gasteiger partial charge in [0.25, 0.3) is 0 Å². The van der Waals surface area contributed by atoms with E-state index in [1.807, 2.05) is 4.90 Å². The third-order valence-electron chi connectivity index (χ3n) is 3.54. The molecule has 0 aromatic rings. The molecule has 1 amide bonds. The summed E-state index contributed by atoms with van der Waals surface area (Å²) in [7, 11) is 0. The van der Waals surface area contributed by atoms with Gasteiger partial charge >= 0.3 is 0 Å². The van der Waals surface area contributed by atoms with Crippen molar-refractivity contribution in [2.45, 2.75) is 52.0 Å². The average Bonchev–Trinajstić information content (AvgIpc) is 2.62. The van der Waals surface area contributed by atoms with E-state index in [1.54, 1.807) is 0 Å². The van der Waals surface area contributed by atoms with Crippen molar-refractivity contribution in [2.75, 3.05) is 26.2 Å². The Morgan fingerprint density at radius 2 is 1.89 bits per heavy atom. The van der Waals surface area contributed by atoms with Crippen LogP contribution < -0.4 is 0 Å². The molecule has 0 bridgehead atoms. The Bertz CT molecular complexity index is 288. The molecule has 1 fully saturated rings. The van der Waals surface area contributed by atoms with Gasteiger partial charge in [0.05, 0.1) is 12.6 Å². The Labute approximate surface area is 111 Å². The maximum atomic E-state index is 12.2. The molecule has 18 heavy (non-hydrogen) atoms. The molecule has 1 aliphatic rings. The quantitative estimate of drug-likeness (QED) is 0.751. The summed E-state index contributed by atoms with van der Waals surface area (Å²) in [5.41, 5.74) is 0. The van der Waals surface area contributed by atoms with Gasteiger partial charge in [0.1, 0.15) is 0 Å². The monoisotopic (exact) mass is 251 g/mol. The van der Waals surface area contributed by atoms with Crippen LogP contribution in [0, 0.1) is 11.3 Å². The zero-order valence-electron chi connectivity index (χ0n) is 11.7. The van der Waals surface area contributed by atoms with Gasteiger partial charge < -0.3 is 4.90 Å². The van der Waals surface area contributed by atoms with E-state index in [0.29, 0.717) is 25.6 Å². The third kappa shape index (κ3) is 5.05. The highest BCUT2D eigenvalue weighted by atomic mass is 16.2. The fourth-order valence-electron chi connectivity index (χ4n) is 2.31. The highest BCUT2D eigenvalue weighted by Crippen LogP contribution is 2.10. The molecule has 102 valence electrons. The number of likely N-dealkylation sites (tertiary alicyclic amines) is 1. The summed E-state index contributed by atoms with van der Waals surface area (Å²) in [6.07, 6.45) is 5.24. The van der Waals surface area contributed by atoms with E-state index in [0.717, 1.165) is 25.9 Å². The summed E-state index contributed by atoms with van der Waals surface area (Å²) in [4.78, 5) is 16.3. The molecule has 0 saturated carbocycles. The normalized spacial score (nSPS) is 16.7. The molecular weight excluding hydrogens is 226 g/mol. The van der Waals surface area contributed by atoms with Crippen LogP contribution in [-0.2, 0) is 4.79 Å². The Kier molecular flexibility index (Phi) is 6.74. The van der Waals surface area contributed by atoms with Crippen LogP contribution in [0.1, 0.15) is 46.0 Å². The molecule has 1 aliphatic heterocycles. The zero-order valence-corrected chi connectivity index (χ0v) is 11.7. The minimum Gasteiger partial charge on any atom is -0.342 e. The fourth-order valence-corrected chi connectivity index (χ4v) is 2.31. The molecule has 0 spiro atoms. The molecule has 1 rings (SSSR count). The zero-order chi connectivity index (χ0) is 13.4. The lowest BCUT2D eigenvalue weighted by Gasteiger charge is -2.28. The van der Waals surface area contributed by atoms with E-state index >= 15 is 0 Å². The molecule has 0 unspecified atom stereocenters. The number of amides is 1. The lowest BCUT2D eigenvalue weighted by molar-refractivity contribution is -0.132. The molecule has 4 heteroatoms. The van der Waals surface area contributed by atoms with Gasteiger partial charge in [-0.1, -0.05) is 12.8 Å². The number of nitrogens with zero attached hydrogens (tertiary/aromatic N) is 3. The van der Waals surface area contributed by atoms with Crippen molar-refractivity contribution in [2.24, 2.45) is 0 Å². The third-order valence-corrected chi connectivity index (χ3v) is 3.54. The second-order valence-electron chi connectivity index (χ2n) is 5.27. The SMILES string of the molecule is CC(C)N(CCC#N)CC(=O)N1CCCCCC1. The first kappa shape index (κ1) is 15.0. The number of carbonyl (C=O) groups excluding carboxylic acids is 1. The highest BCUT2D eigenvalue weighted by Gasteiger charge is 2.19. The van der Waals surface area contributed by atoms with Gasteiger partial charge in [-0.25, -0.2) is 0 Å². The minimum atomic E-state index is 0.225. The number of carbonyl (C=O) groups is 1. The Balaban J connectivity index is 2.46. The maximum Gasteiger partial charge on any atom is 0.236 e. The van der Waals surface area contributed by atoms with Crippen molar-refractivity contribution in [1.82, 2.24) is 9.80 Å². The van der Waals surface area contributed by atoms with Crippen LogP contribution in [0.15, 0.2) is 0 Å². The molecule has 0 aromatic heterocycles.